The summed E-state index contributed by atoms with van der Waals surface area (Å²) in [7, 11) is 0. The molecule has 0 aliphatic rings. The first-order valence-corrected chi connectivity index (χ1v) is 6.90. The highest BCUT2D eigenvalue weighted by Crippen LogP contribution is 2.28. The summed E-state index contributed by atoms with van der Waals surface area (Å²) in [5, 5.41) is 12.5. The van der Waals surface area contributed by atoms with E-state index in [0.29, 0.717) is 5.75 Å². The van der Waals surface area contributed by atoms with Gasteiger partial charge in [0.1, 0.15) is 0 Å². The molecule has 2 rings (SSSR count). The van der Waals surface area contributed by atoms with Crippen molar-refractivity contribution in [2.45, 2.75) is 31.4 Å². The van der Waals surface area contributed by atoms with Crippen LogP contribution < -0.4 is 0 Å². The fraction of sp³-hybridized carbons (Fsp3) is 0.429. The van der Waals surface area contributed by atoms with Gasteiger partial charge in [-0.1, -0.05) is 32.0 Å². The van der Waals surface area contributed by atoms with Crippen LogP contribution in [0.1, 0.15) is 20.8 Å². The van der Waals surface area contributed by atoms with Crippen LogP contribution in [0.5, 0.6) is 0 Å². The van der Waals surface area contributed by atoms with Crippen molar-refractivity contribution in [1.82, 2.24) is 4.98 Å². The molecule has 2 N–H and O–H groups in total. The smallest absolute Gasteiger partial charge is 0.0736 e. The first-order valence-electron chi connectivity index (χ1n) is 5.92. The van der Waals surface area contributed by atoms with Crippen molar-refractivity contribution in [3.05, 3.63) is 30.3 Å². The standard InChI is InChI=1S/C14H19NOS/c1-10(2)14(3,16)9-17-13-8-11-6-4-5-7-12(11)15-13/h4-8,10,15-16H,9H2,1-3H3. The lowest BCUT2D eigenvalue weighted by atomic mass is 9.95. The molecule has 0 spiro atoms. The Morgan fingerprint density at radius 1 is 1.35 bits per heavy atom. The number of aliphatic hydroxyl groups is 1. The van der Waals surface area contributed by atoms with Gasteiger partial charge in [0.25, 0.3) is 0 Å². The minimum absolute atomic E-state index is 0.263. The Labute approximate surface area is 106 Å². The molecule has 0 bridgehead atoms. The number of aromatic nitrogens is 1. The van der Waals surface area contributed by atoms with Gasteiger partial charge >= 0.3 is 0 Å². The maximum absolute atomic E-state index is 10.2. The molecule has 1 atom stereocenters. The van der Waals surface area contributed by atoms with Gasteiger partial charge < -0.3 is 10.1 Å². The number of hydrogen-bond acceptors (Lipinski definition) is 2. The van der Waals surface area contributed by atoms with Crippen LogP contribution in [0.4, 0.5) is 0 Å². The predicted molar refractivity (Wildman–Crippen MR) is 74.5 cm³/mol. The topological polar surface area (TPSA) is 36.0 Å². The molecule has 0 saturated heterocycles. The molecule has 0 fully saturated rings. The highest BCUT2D eigenvalue weighted by atomic mass is 32.2. The Kier molecular flexibility index (Phi) is 3.50. The Morgan fingerprint density at radius 3 is 2.71 bits per heavy atom. The summed E-state index contributed by atoms with van der Waals surface area (Å²) in [6.07, 6.45) is 0. The van der Waals surface area contributed by atoms with Crippen LogP contribution in [0.15, 0.2) is 35.4 Å². The highest BCUT2D eigenvalue weighted by Gasteiger charge is 2.25. The second-order valence-corrected chi connectivity index (χ2v) is 6.04. The van der Waals surface area contributed by atoms with E-state index in [1.807, 2.05) is 32.9 Å². The van der Waals surface area contributed by atoms with Gasteiger partial charge in [0.05, 0.1) is 10.6 Å². The van der Waals surface area contributed by atoms with E-state index in [-0.39, 0.29) is 5.92 Å². The summed E-state index contributed by atoms with van der Waals surface area (Å²) in [5.74, 6) is 0.969. The van der Waals surface area contributed by atoms with Crippen molar-refractivity contribution in [1.29, 1.82) is 0 Å². The molecule has 0 saturated carbocycles. The van der Waals surface area contributed by atoms with Crippen molar-refractivity contribution in [3.63, 3.8) is 0 Å². The molecule has 0 aliphatic carbocycles. The Balaban J connectivity index is 2.09. The maximum atomic E-state index is 10.2. The van der Waals surface area contributed by atoms with E-state index in [4.69, 9.17) is 0 Å². The largest absolute Gasteiger partial charge is 0.389 e. The van der Waals surface area contributed by atoms with Gasteiger partial charge in [0.15, 0.2) is 0 Å². The number of rotatable bonds is 4. The third kappa shape index (κ3) is 2.85. The lowest BCUT2D eigenvalue weighted by molar-refractivity contribution is 0.0376. The normalized spacial score (nSPS) is 15.4. The van der Waals surface area contributed by atoms with E-state index < -0.39 is 5.60 Å². The van der Waals surface area contributed by atoms with Gasteiger partial charge in [-0.25, -0.2) is 0 Å². The van der Waals surface area contributed by atoms with E-state index in [1.165, 1.54) is 5.39 Å². The molecule has 0 radical (unpaired) electrons. The van der Waals surface area contributed by atoms with E-state index in [1.54, 1.807) is 11.8 Å². The first kappa shape index (κ1) is 12.5. The molecule has 17 heavy (non-hydrogen) atoms. The van der Waals surface area contributed by atoms with Crippen molar-refractivity contribution in [2.75, 3.05) is 5.75 Å². The van der Waals surface area contributed by atoms with Gasteiger partial charge in [-0.15, -0.1) is 11.8 Å². The first-order chi connectivity index (χ1) is 7.99. The summed E-state index contributed by atoms with van der Waals surface area (Å²) in [6, 6.07) is 10.4. The third-order valence-electron chi connectivity index (χ3n) is 3.27. The van der Waals surface area contributed by atoms with Crippen LogP contribution in [-0.2, 0) is 0 Å². The second-order valence-electron chi connectivity index (χ2n) is 5.02. The van der Waals surface area contributed by atoms with Crippen LogP contribution in [0, 0.1) is 5.92 Å². The average molecular weight is 249 g/mol. The van der Waals surface area contributed by atoms with Crippen molar-refractivity contribution in [2.24, 2.45) is 5.92 Å². The SMILES string of the molecule is CC(C)C(C)(O)CSc1cc2ccccc2[nH]1. The van der Waals surface area contributed by atoms with Crippen molar-refractivity contribution < 1.29 is 5.11 Å². The summed E-state index contributed by atoms with van der Waals surface area (Å²) >= 11 is 1.68. The molecule has 2 aromatic rings. The van der Waals surface area contributed by atoms with Crippen LogP contribution in [0.3, 0.4) is 0 Å². The fourth-order valence-electron chi connectivity index (χ4n) is 1.52. The zero-order valence-corrected chi connectivity index (χ0v) is 11.3. The van der Waals surface area contributed by atoms with E-state index in [2.05, 4.69) is 23.2 Å². The minimum atomic E-state index is -0.623. The molecule has 1 aromatic heterocycles. The van der Waals surface area contributed by atoms with Crippen LogP contribution in [0.25, 0.3) is 10.9 Å². The highest BCUT2D eigenvalue weighted by molar-refractivity contribution is 7.99. The lowest BCUT2D eigenvalue weighted by Crippen LogP contribution is -2.33. The van der Waals surface area contributed by atoms with Crippen LogP contribution >= 0.6 is 11.8 Å². The monoisotopic (exact) mass is 249 g/mol. The lowest BCUT2D eigenvalue weighted by Gasteiger charge is -2.26. The number of nitrogens with one attached hydrogen (secondary N) is 1. The molecule has 1 unspecified atom stereocenters. The van der Waals surface area contributed by atoms with Crippen molar-refractivity contribution in [3.8, 4) is 0 Å². The fourth-order valence-corrected chi connectivity index (χ4v) is 2.69. The van der Waals surface area contributed by atoms with E-state index in [0.717, 1.165) is 10.5 Å². The number of H-pyrrole nitrogens is 1. The zero-order chi connectivity index (χ0) is 12.5. The van der Waals surface area contributed by atoms with E-state index in [9.17, 15) is 5.11 Å². The van der Waals surface area contributed by atoms with Crippen molar-refractivity contribution >= 4 is 22.7 Å². The Bertz CT molecular complexity index is 469. The Morgan fingerprint density at radius 2 is 2.06 bits per heavy atom. The molecule has 92 valence electrons. The quantitative estimate of drug-likeness (QED) is 0.811. The number of fused-ring (bicyclic) bond motifs is 1. The predicted octanol–water partition coefficient (Wildman–Crippen LogP) is 3.67. The van der Waals surface area contributed by atoms with Gasteiger partial charge in [-0.05, 0) is 25.0 Å². The maximum Gasteiger partial charge on any atom is 0.0736 e. The second kappa shape index (κ2) is 4.75. The number of hydrogen-bond donors (Lipinski definition) is 2. The summed E-state index contributed by atoms with van der Waals surface area (Å²) in [6.45, 7) is 5.99. The molecule has 0 aliphatic heterocycles. The van der Waals surface area contributed by atoms with Gasteiger partial charge in [-0.2, -0.15) is 0 Å². The minimum Gasteiger partial charge on any atom is -0.389 e. The average Bonchev–Trinajstić information content (AvgIpc) is 2.69. The zero-order valence-electron chi connectivity index (χ0n) is 10.5. The molecule has 3 heteroatoms. The summed E-state index contributed by atoms with van der Waals surface area (Å²) in [4.78, 5) is 3.36. The van der Waals surface area contributed by atoms with Gasteiger partial charge in [0.2, 0.25) is 0 Å². The number of para-hydroxylation sites is 1. The molecular weight excluding hydrogens is 230 g/mol. The summed E-state index contributed by atoms with van der Waals surface area (Å²) < 4.78 is 0. The molecular formula is C14H19NOS. The summed E-state index contributed by atoms with van der Waals surface area (Å²) in [5.41, 5.74) is 0.529. The number of benzene rings is 1. The Hall–Kier alpha value is -0.930. The van der Waals surface area contributed by atoms with Crippen LogP contribution in [-0.4, -0.2) is 21.4 Å². The third-order valence-corrected chi connectivity index (χ3v) is 4.53. The van der Waals surface area contributed by atoms with Gasteiger partial charge in [0, 0.05) is 16.7 Å². The van der Waals surface area contributed by atoms with Gasteiger partial charge in [-0.3, -0.25) is 0 Å². The number of aromatic amines is 1. The molecule has 2 nitrogen and oxygen atoms in total. The molecule has 1 heterocycles. The molecule has 0 amide bonds. The number of thioether (sulfide) groups is 1. The van der Waals surface area contributed by atoms with Crippen LogP contribution in [0.2, 0.25) is 0 Å². The molecule has 1 aromatic carbocycles. The van der Waals surface area contributed by atoms with E-state index >= 15 is 0 Å².